The fourth-order valence-electron chi connectivity index (χ4n) is 1.10. The molecule has 82 valence electrons. The molecule has 0 aliphatic heterocycles. The highest BCUT2D eigenvalue weighted by Crippen LogP contribution is 2.11. The standard InChI is InChI=1S/C11H19ClO2/c1-3-5-6-7-8-10(12)11(13)14-9-4-2/h4,10H,2-3,5-9H2,1H3. The number of ether oxygens (including phenoxy) is 1. The summed E-state index contributed by atoms with van der Waals surface area (Å²) in [4.78, 5) is 11.2. The van der Waals surface area contributed by atoms with Gasteiger partial charge in [-0.2, -0.15) is 0 Å². The molecule has 1 atom stereocenters. The number of rotatable bonds is 8. The Labute approximate surface area is 91.3 Å². The maximum atomic E-state index is 11.2. The predicted molar refractivity (Wildman–Crippen MR) is 59.6 cm³/mol. The van der Waals surface area contributed by atoms with Crippen molar-refractivity contribution in [1.82, 2.24) is 0 Å². The number of alkyl halides is 1. The van der Waals surface area contributed by atoms with Gasteiger partial charge in [0, 0.05) is 0 Å². The quantitative estimate of drug-likeness (QED) is 0.271. The van der Waals surface area contributed by atoms with Crippen molar-refractivity contribution in [2.75, 3.05) is 6.61 Å². The summed E-state index contributed by atoms with van der Waals surface area (Å²) in [6.07, 6.45) is 6.76. The van der Waals surface area contributed by atoms with Crippen molar-refractivity contribution in [3.63, 3.8) is 0 Å². The molecule has 0 aromatic rings. The van der Waals surface area contributed by atoms with Crippen LogP contribution in [0.2, 0.25) is 0 Å². The van der Waals surface area contributed by atoms with Crippen molar-refractivity contribution in [1.29, 1.82) is 0 Å². The zero-order valence-corrected chi connectivity index (χ0v) is 9.55. The van der Waals surface area contributed by atoms with Crippen LogP contribution in [0.5, 0.6) is 0 Å². The number of carbonyl (C=O) groups excluding carboxylic acids is 1. The Hall–Kier alpha value is -0.500. The van der Waals surface area contributed by atoms with Crippen LogP contribution in [0.15, 0.2) is 12.7 Å². The number of hydrogen-bond acceptors (Lipinski definition) is 2. The van der Waals surface area contributed by atoms with E-state index >= 15 is 0 Å². The molecular weight excluding hydrogens is 200 g/mol. The molecule has 0 rings (SSSR count). The molecule has 0 aromatic carbocycles. The van der Waals surface area contributed by atoms with Gasteiger partial charge in [0.1, 0.15) is 12.0 Å². The van der Waals surface area contributed by atoms with E-state index in [0.717, 1.165) is 12.8 Å². The minimum atomic E-state index is -0.494. The van der Waals surface area contributed by atoms with Crippen molar-refractivity contribution in [3.8, 4) is 0 Å². The molecule has 0 heterocycles. The second kappa shape index (κ2) is 9.07. The first-order chi connectivity index (χ1) is 6.72. The van der Waals surface area contributed by atoms with Crippen LogP contribution in [0.3, 0.4) is 0 Å². The summed E-state index contributed by atoms with van der Waals surface area (Å²) in [6, 6.07) is 0. The minimum absolute atomic E-state index is 0.247. The smallest absolute Gasteiger partial charge is 0.324 e. The largest absolute Gasteiger partial charge is 0.460 e. The lowest BCUT2D eigenvalue weighted by atomic mass is 10.1. The Bertz CT molecular complexity index is 169. The predicted octanol–water partition coefficient (Wildman–Crippen LogP) is 3.29. The Kier molecular flexibility index (Phi) is 8.75. The molecule has 0 aliphatic rings. The van der Waals surface area contributed by atoms with E-state index in [1.807, 2.05) is 0 Å². The zero-order valence-electron chi connectivity index (χ0n) is 8.80. The Morgan fingerprint density at radius 1 is 1.50 bits per heavy atom. The highest BCUT2D eigenvalue weighted by atomic mass is 35.5. The van der Waals surface area contributed by atoms with E-state index in [-0.39, 0.29) is 12.6 Å². The van der Waals surface area contributed by atoms with Gasteiger partial charge in [-0.3, -0.25) is 4.79 Å². The van der Waals surface area contributed by atoms with E-state index in [0.29, 0.717) is 6.42 Å². The summed E-state index contributed by atoms with van der Waals surface area (Å²) in [5, 5.41) is -0.494. The summed E-state index contributed by atoms with van der Waals surface area (Å²) in [7, 11) is 0. The Morgan fingerprint density at radius 2 is 2.21 bits per heavy atom. The second-order valence-electron chi connectivity index (χ2n) is 3.24. The third kappa shape index (κ3) is 6.96. The first-order valence-electron chi connectivity index (χ1n) is 5.14. The molecule has 0 bridgehead atoms. The van der Waals surface area contributed by atoms with Crippen molar-refractivity contribution >= 4 is 17.6 Å². The molecule has 0 saturated heterocycles. The van der Waals surface area contributed by atoms with E-state index in [9.17, 15) is 4.79 Å². The fraction of sp³-hybridized carbons (Fsp3) is 0.727. The van der Waals surface area contributed by atoms with Crippen LogP contribution in [0.1, 0.15) is 39.0 Å². The van der Waals surface area contributed by atoms with Crippen LogP contribution in [-0.4, -0.2) is 18.0 Å². The monoisotopic (exact) mass is 218 g/mol. The second-order valence-corrected chi connectivity index (χ2v) is 3.76. The van der Waals surface area contributed by atoms with E-state index in [4.69, 9.17) is 16.3 Å². The molecule has 0 spiro atoms. The lowest BCUT2D eigenvalue weighted by Gasteiger charge is -2.07. The molecule has 0 fully saturated rings. The molecule has 0 N–H and O–H groups in total. The van der Waals surface area contributed by atoms with Crippen LogP contribution in [0.25, 0.3) is 0 Å². The number of esters is 1. The summed E-state index contributed by atoms with van der Waals surface area (Å²) in [5.41, 5.74) is 0. The number of carbonyl (C=O) groups is 1. The molecule has 0 radical (unpaired) electrons. The Balaban J connectivity index is 3.46. The molecule has 0 aliphatic carbocycles. The third-order valence-electron chi connectivity index (χ3n) is 1.91. The molecule has 0 saturated carbocycles. The number of unbranched alkanes of at least 4 members (excludes halogenated alkanes) is 3. The van der Waals surface area contributed by atoms with Crippen molar-refractivity contribution in [2.45, 2.75) is 44.4 Å². The topological polar surface area (TPSA) is 26.3 Å². The summed E-state index contributed by atoms with van der Waals surface area (Å²) < 4.78 is 4.82. The van der Waals surface area contributed by atoms with Gasteiger partial charge in [0.2, 0.25) is 0 Å². The highest BCUT2D eigenvalue weighted by Gasteiger charge is 2.15. The highest BCUT2D eigenvalue weighted by molar-refractivity contribution is 6.29. The van der Waals surface area contributed by atoms with Crippen LogP contribution in [-0.2, 0) is 9.53 Å². The molecule has 0 amide bonds. The zero-order chi connectivity index (χ0) is 10.8. The van der Waals surface area contributed by atoms with E-state index in [1.165, 1.54) is 12.8 Å². The van der Waals surface area contributed by atoms with Crippen molar-refractivity contribution in [2.24, 2.45) is 0 Å². The van der Waals surface area contributed by atoms with Crippen LogP contribution < -0.4 is 0 Å². The SMILES string of the molecule is C=CCOC(=O)C(Cl)CCCCCC. The summed E-state index contributed by atoms with van der Waals surface area (Å²) in [6.45, 7) is 5.85. The molecule has 3 heteroatoms. The molecular formula is C11H19ClO2. The van der Waals surface area contributed by atoms with Crippen molar-refractivity contribution < 1.29 is 9.53 Å². The summed E-state index contributed by atoms with van der Waals surface area (Å²) >= 11 is 5.84. The van der Waals surface area contributed by atoms with Gasteiger partial charge in [0.05, 0.1) is 0 Å². The Morgan fingerprint density at radius 3 is 2.79 bits per heavy atom. The average molecular weight is 219 g/mol. The van der Waals surface area contributed by atoms with E-state index in [1.54, 1.807) is 6.08 Å². The minimum Gasteiger partial charge on any atom is -0.460 e. The van der Waals surface area contributed by atoms with E-state index in [2.05, 4.69) is 13.5 Å². The first kappa shape index (κ1) is 13.5. The average Bonchev–Trinajstić information content (AvgIpc) is 2.20. The maximum absolute atomic E-state index is 11.2. The van der Waals surface area contributed by atoms with Gasteiger partial charge in [-0.05, 0) is 6.42 Å². The van der Waals surface area contributed by atoms with Gasteiger partial charge in [0.25, 0.3) is 0 Å². The molecule has 14 heavy (non-hydrogen) atoms. The third-order valence-corrected chi connectivity index (χ3v) is 2.31. The van der Waals surface area contributed by atoms with Gasteiger partial charge < -0.3 is 4.74 Å². The van der Waals surface area contributed by atoms with Gasteiger partial charge in [-0.25, -0.2) is 0 Å². The molecule has 2 nitrogen and oxygen atoms in total. The lowest BCUT2D eigenvalue weighted by Crippen LogP contribution is -2.17. The lowest BCUT2D eigenvalue weighted by molar-refractivity contribution is -0.142. The summed E-state index contributed by atoms with van der Waals surface area (Å²) in [5.74, 6) is -0.330. The van der Waals surface area contributed by atoms with Crippen LogP contribution in [0.4, 0.5) is 0 Å². The van der Waals surface area contributed by atoms with Crippen LogP contribution >= 0.6 is 11.6 Å². The normalized spacial score (nSPS) is 12.1. The number of hydrogen-bond donors (Lipinski definition) is 0. The van der Waals surface area contributed by atoms with E-state index < -0.39 is 5.38 Å². The van der Waals surface area contributed by atoms with Gasteiger partial charge in [-0.1, -0.05) is 45.3 Å². The van der Waals surface area contributed by atoms with Crippen LogP contribution in [0, 0.1) is 0 Å². The van der Waals surface area contributed by atoms with Gasteiger partial charge in [-0.15, -0.1) is 11.6 Å². The molecule has 1 unspecified atom stereocenters. The fourth-order valence-corrected chi connectivity index (χ4v) is 1.32. The van der Waals surface area contributed by atoms with Gasteiger partial charge in [0.15, 0.2) is 0 Å². The number of halogens is 1. The first-order valence-corrected chi connectivity index (χ1v) is 5.57. The van der Waals surface area contributed by atoms with Crippen molar-refractivity contribution in [3.05, 3.63) is 12.7 Å². The maximum Gasteiger partial charge on any atom is 0.324 e. The molecule has 0 aromatic heterocycles. The van der Waals surface area contributed by atoms with Gasteiger partial charge >= 0.3 is 5.97 Å².